The van der Waals surface area contributed by atoms with Gasteiger partial charge in [-0.2, -0.15) is 0 Å². The van der Waals surface area contributed by atoms with Crippen LogP contribution < -0.4 is 11.1 Å². The highest BCUT2D eigenvalue weighted by molar-refractivity contribution is 7.10. The number of nitrogens with one attached hydrogen (secondary N) is 1. The number of carbonyl (C=O) groups is 1. The molecule has 0 fully saturated rings. The lowest BCUT2D eigenvalue weighted by Crippen LogP contribution is -2.36. The van der Waals surface area contributed by atoms with Crippen LogP contribution in [0.15, 0.2) is 0 Å². The van der Waals surface area contributed by atoms with Gasteiger partial charge in [0.15, 0.2) is 0 Å². The minimum absolute atomic E-state index is 0.251. The van der Waals surface area contributed by atoms with Crippen molar-refractivity contribution in [2.24, 2.45) is 11.7 Å². The van der Waals surface area contributed by atoms with Crippen LogP contribution in [0.4, 0.5) is 5.00 Å². The van der Waals surface area contributed by atoms with E-state index in [0.717, 1.165) is 23.8 Å². The first-order chi connectivity index (χ1) is 8.52. The molecule has 102 valence electrons. The number of carbonyl (C=O) groups excluding carboxylic acids is 1. The average Bonchev–Trinajstić information content (AvgIpc) is 2.64. The first kappa shape index (κ1) is 14.8. The number of nitrogens with two attached hydrogens (primary N) is 1. The number of aromatic nitrogens is 2. The first-order valence-electron chi connectivity index (χ1n) is 6.08. The highest BCUT2D eigenvalue weighted by atomic mass is 32.1. The number of amides is 1. The van der Waals surface area contributed by atoms with Gasteiger partial charge >= 0.3 is 0 Å². The molecule has 0 saturated heterocycles. The summed E-state index contributed by atoms with van der Waals surface area (Å²) >= 11 is 1.34. The van der Waals surface area contributed by atoms with Crippen LogP contribution in [0.25, 0.3) is 0 Å². The van der Waals surface area contributed by atoms with Gasteiger partial charge in [0.2, 0.25) is 5.91 Å². The van der Waals surface area contributed by atoms with E-state index in [-0.39, 0.29) is 12.5 Å². The molecule has 1 rings (SSSR count). The number of rotatable bonds is 8. The maximum atomic E-state index is 11.1. The summed E-state index contributed by atoms with van der Waals surface area (Å²) in [5.41, 5.74) is 6.14. The standard InChI is InChI=1S/C11H21N5OS/c1-4-13-11-9(14-15-18-11)6-16(5-8(2)3)7-10(12)17/h8,13H,4-7H2,1-3H3,(H2,12,17). The van der Waals surface area contributed by atoms with Crippen LogP contribution in [0.1, 0.15) is 26.5 Å². The summed E-state index contributed by atoms with van der Waals surface area (Å²) in [6.45, 7) is 8.74. The molecule has 1 aromatic heterocycles. The van der Waals surface area contributed by atoms with E-state index in [9.17, 15) is 4.79 Å². The van der Waals surface area contributed by atoms with Gasteiger partial charge in [0.25, 0.3) is 0 Å². The van der Waals surface area contributed by atoms with Crippen LogP contribution in [0.5, 0.6) is 0 Å². The molecule has 0 spiro atoms. The second-order valence-corrected chi connectivity index (χ2v) is 5.36. The third-order valence-electron chi connectivity index (χ3n) is 2.27. The fourth-order valence-electron chi connectivity index (χ4n) is 1.74. The van der Waals surface area contributed by atoms with E-state index in [4.69, 9.17) is 5.73 Å². The number of nitrogens with zero attached hydrogens (tertiary/aromatic N) is 3. The largest absolute Gasteiger partial charge is 0.374 e. The van der Waals surface area contributed by atoms with E-state index >= 15 is 0 Å². The Bertz CT molecular complexity index is 379. The van der Waals surface area contributed by atoms with Crippen LogP contribution in [-0.4, -0.2) is 40.0 Å². The molecule has 6 nitrogen and oxygen atoms in total. The van der Waals surface area contributed by atoms with Crippen molar-refractivity contribution in [1.29, 1.82) is 0 Å². The molecule has 18 heavy (non-hydrogen) atoms. The van der Waals surface area contributed by atoms with Crippen LogP contribution >= 0.6 is 11.5 Å². The summed E-state index contributed by atoms with van der Waals surface area (Å²) in [6.07, 6.45) is 0. The Labute approximate surface area is 112 Å². The number of hydrogen-bond acceptors (Lipinski definition) is 6. The predicted octanol–water partition coefficient (Wildman–Crippen LogP) is 0.913. The molecule has 0 aliphatic heterocycles. The molecule has 0 aliphatic rings. The molecule has 1 amide bonds. The van der Waals surface area contributed by atoms with Gasteiger partial charge in [-0.05, 0) is 12.8 Å². The summed E-state index contributed by atoms with van der Waals surface area (Å²) in [6, 6.07) is 0. The van der Waals surface area contributed by atoms with Crippen molar-refractivity contribution in [3.63, 3.8) is 0 Å². The summed E-state index contributed by atoms with van der Waals surface area (Å²) in [5, 5.41) is 8.29. The minimum Gasteiger partial charge on any atom is -0.374 e. The third kappa shape index (κ3) is 4.97. The smallest absolute Gasteiger partial charge is 0.231 e. The Hall–Kier alpha value is -1.21. The lowest BCUT2D eigenvalue weighted by molar-refractivity contribution is -0.119. The zero-order valence-corrected chi connectivity index (χ0v) is 12.0. The van der Waals surface area contributed by atoms with E-state index in [1.807, 2.05) is 11.8 Å². The van der Waals surface area contributed by atoms with Gasteiger partial charge in [-0.15, -0.1) is 5.10 Å². The lowest BCUT2D eigenvalue weighted by Gasteiger charge is -2.22. The van der Waals surface area contributed by atoms with Crippen molar-refractivity contribution in [2.45, 2.75) is 27.3 Å². The van der Waals surface area contributed by atoms with Gasteiger partial charge in [-0.3, -0.25) is 9.69 Å². The maximum Gasteiger partial charge on any atom is 0.231 e. The van der Waals surface area contributed by atoms with Gasteiger partial charge in [-0.1, -0.05) is 18.3 Å². The molecule has 1 heterocycles. The van der Waals surface area contributed by atoms with Crippen LogP contribution in [-0.2, 0) is 11.3 Å². The van der Waals surface area contributed by atoms with Crippen molar-refractivity contribution in [2.75, 3.05) is 25.0 Å². The fourth-order valence-corrected chi connectivity index (χ4v) is 2.38. The molecule has 0 atom stereocenters. The normalized spacial score (nSPS) is 11.2. The fraction of sp³-hybridized carbons (Fsp3) is 0.727. The molecule has 0 saturated carbocycles. The first-order valence-corrected chi connectivity index (χ1v) is 6.86. The van der Waals surface area contributed by atoms with Crippen molar-refractivity contribution in [3.8, 4) is 0 Å². The minimum atomic E-state index is -0.316. The molecule has 1 aromatic rings. The highest BCUT2D eigenvalue weighted by Crippen LogP contribution is 2.19. The summed E-state index contributed by atoms with van der Waals surface area (Å²) in [7, 11) is 0. The maximum absolute atomic E-state index is 11.1. The quantitative estimate of drug-likeness (QED) is 0.734. The van der Waals surface area contributed by atoms with Gasteiger partial charge < -0.3 is 11.1 Å². The van der Waals surface area contributed by atoms with Crippen molar-refractivity contribution in [1.82, 2.24) is 14.5 Å². The SMILES string of the molecule is CCNc1snnc1CN(CC(N)=O)CC(C)C. The van der Waals surface area contributed by atoms with Crippen LogP contribution in [0.3, 0.4) is 0 Å². The summed E-state index contributed by atoms with van der Waals surface area (Å²) in [4.78, 5) is 13.1. The van der Waals surface area contributed by atoms with E-state index < -0.39 is 0 Å². The monoisotopic (exact) mass is 271 g/mol. The zero-order valence-electron chi connectivity index (χ0n) is 11.1. The van der Waals surface area contributed by atoms with E-state index in [1.54, 1.807) is 0 Å². The second-order valence-electron chi connectivity index (χ2n) is 4.61. The second kappa shape index (κ2) is 7.27. The molecular formula is C11H21N5OS. The van der Waals surface area contributed by atoms with Gasteiger partial charge in [0, 0.05) is 31.2 Å². The molecule has 7 heteroatoms. The topological polar surface area (TPSA) is 84.1 Å². The Morgan fingerprint density at radius 2 is 2.28 bits per heavy atom. The molecule has 0 aromatic carbocycles. The predicted molar refractivity (Wildman–Crippen MR) is 73.4 cm³/mol. The van der Waals surface area contributed by atoms with E-state index in [0.29, 0.717) is 12.5 Å². The van der Waals surface area contributed by atoms with Gasteiger partial charge in [0.1, 0.15) is 10.7 Å². The van der Waals surface area contributed by atoms with Crippen LogP contribution in [0, 0.1) is 5.92 Å². The Kier molecular flexibility index (Phi) is 6.00. The molecule has 3 N–H and O–H groups in total. The number of hydrogen-bond donors (Lipinski definition) is 2. The van der Waals surface area contributed by atoms with Gasteiger partial charge in [0.05, 0.1) is 6.54 Å². The van der Waals surface area contributed by atoms with Crippen molar-refractivity contribution >= 4 is 22.4 Å². The molecular weight excluding hydrogens is 250 g/mol. The van der Waals surface area contributed by atoms with Crippen molar-refractivity contribution < 1.29 is 4.79 Å². The Balaban J connectivity index is 2.68. The third-order valence-corrected chi connectivity index (χ3v) is 3.00. The molecule has 0 bridgehead atoms. The zero-order chi connectivity index (χ0) is 13.5. The molecule has 0 unspecified atom stereocenters. The Morgan fingerprint density at radius 3 is 2.83 bits per heavy atom. The van der Waals surface area contributed by atoms with E-state index in [2.05, 4.69) is 28.8 Å². The molecule has 0 aliphatic carbocycles. The lowest BCUT2D eigenvalue weighted by atomic mass is 10.2. The highest BCUT2D eigenvalue weighted by Gasteiger charge is 2.15. The average molecular weight is 271 g/mol. The number of anilines is 1. The Morgan fingerprint density at radius 1 is 1.56 bits per heavy atom. The van der Waals surface area contributed by atoms with E-state index in [1.165, 1.54) is 11.5 Å². The number of primary amides is 1. The van der Waals surface area contributed by atoms with Crippen molar-refractivity contribution in [3.05, 3.63) is 5.69 Å². The molecule has 0 radical (unpaired) electrons. The van der Waals surface area contributed by atoms with Crippen LogP contribution in [0.2, 0.25) is 0 Å². The summed E-state index contributed by atoms with van der Waals surface area (Å²) in [5.74, 6) is 0.155. The van der Waals surface area contributed by atoms with Gasteiger partial charge in [-0.25, -0.2) is 0 Å². The summed E-state index contributed by atoms with van der Waals surface area (Å²) < 4.78 is 3.94.